The Kier molecular flexibility index (Phi) is 8.34. The molecule has 0 spiro atoms. The van der Waals surface area contributed by atoms with Gasteiger partial charge in [-0.3, -0.25) is 14.4 Å². The Balaban J connectivity index is 1.31. The van der Waals surface area contributed by atoms with Gasteiger partial charge in [0.15, 0.2) is 11.4 Å². The number of rotatable bonds is 6. The van der Waals surface area contributed by atoms with Crippen LogP contribution in [0.25, 0.3) is 27.7 Å². The number of ketones is 1. The fraction of sp³-hybridized carbons (Fsp3) is 0.333. The molecule has 0 unspecified atom stereocenters. The third-order valence-corrected chi connectivity index (χ3v) is 10.3. The summed E-state index contributed by atoms with van der Waals surface area (Å²) in [4.78, 5) is 49.9. The first kappa shape index (κ1) is 32.6. The SMILES string of the molecule is CC(=O)c1cn(CC(=O)N2[C@H](I)[C@@H](C)C[C@H]2C(=O)Nc2nc(C(F)(F)F)ccc2C)c2c(C)cc(-c3cnc4cc(C)nn4c3)cc12. The molecule has 4 aromatic heterocycles. The molecule has 5 heterocycles. The number of carbonyl (C=O) groups excluding carboxylic acids is 3. The number of aromatic nitrogens is 5. The summed E-state index contributed by atoms with van der Waals surface area (Å²) in [5, 5.41) is 7.67. The number of likely N-dealkylation sites (tertiary alicyclic amines) is 1. The molecule has 3 atom stereocenters. The van der Waals surface area contributed by atoms with Crippen molar-refractivity contribution in [1.29, 1.82) is 0 Å². The maximum absolute atomic E-state index is 14.0. The number of halogens is 4. The van der Waals surface area contributed by atoms with E-state index in [2.05, 4.69) is 43.0 Å². The number of carbonyl (C=O) groups is 3. The van der Waals surface area contributed by atoms with E-state index in [-0.39, 0.29) is 34.0 Å². The van der Waals surface area contributed by atoms with Crippen molar-refractivity contribution in [3.8, 4) is 11.1 Å². The zero-order valence-electron chi connectivity index (χ0n) is 26.2. The van der Waals surface area contributed by atoms with Crippen molar-refractivity contribution in [3.63, 3.8) is 0 Å². The van der Waals surface area contributed by atoms with Crippen LogP contribution >= 0.6 is 22.6 Å². The van der Waals surface area contributed by atoms with Crippen LogP contribution in [0.3, 0.4) is 0 Å². The van der Waals surface area contributed by atoms with E-state index in [0.717, 1.165) is 34.1 Å². The van der Waals surface area contributed by atoms with Gasteiger partial charge >= 0.3 is 6.18 Å². The van der Waals surface area contributed by atoms with E-state index in [1.807, 2.05) is 45.2 Å². The minimum absolute atomic E-state index is 0.0612. The highest BCUT2D eigenvalue weighted by Crippen LogP contribution is 2.37. The second-order valence-corrected chi connectivity index (χ2v) is 13.4. The van der Waals surface area contributed by atoms with Crippen molar-refractivity contribution < 1.29 is 27.6 Å². The zero-order valence-corrected chi connectivity index (χ0v) is 28.3. The fourth-order valence-electron chi connectivity index (χ4n) is 6.18. The van der Waals surface area contributed by atoms with E-state index >= 15 is 0 Å². The Bertz CT molecular complexity index is 2090. The molecular weight excluding hydrogens is 726 g/mol. The topological polar surface area (TPSA) is 114 Å². The van der Waals surface area contributed by atoms with Gasteiger partial charge in [0.05, 0.1) is 15.3 Å². The number of amides is 2. The van der Waals surface area contributed by atoms with Crippen LogP contribution in [0.5, 0.6) is 0 Å². The molecule has 14 heteroatoms. The molecule has 5 aromatic rings. The summed E-state index contributed by atoms with van der Waals surface area (Å²) in [5.74, 6) is -1.40. The molecule has 6 rings (SSSR count). The molecule has 244 valence electrons. The van der Waals surface area contributed by atoms with Crippen molar-refractivity contribution in [2.75, 3.05) is 5.32 Å². The number of nitrogens with one attached hydrogen (secondary N) is 1. The number of hydrogen-bond donors (Lipinski definition) is 1. The van der Waals surface area contributed by atoms with Crippen LogP contribution in [0.15, 0.2) is 48.9 Å². The highest BCUT2D eigenvalue weighted by molar-refractivity contribution is 14.1. The van der Waals surface area contributed by atoms with Crippen LogP contribution in [0.2, 0.25) is 0 Å². The first-order valence-electron chi connectivity index (χ1n) is 14.9. The molecule has 0 bridgehead atoms. The number of pyridine rings is 1. The van der Waals surface area contributed by atoms with Crippen LogP contribution in [-0.2, 0) is 22.3 Å². The van der Waals surface area contributed by atoms with Crippen LogP contribution in [0.1, 0.15) is 53.1 Å². The van der Waals surface area contributed by atoms with Gasteiger partial charge in [0.2, 0.25) is 11.8 Å². The lowest BCUT2D eigenvalue weighted by Gasteiger charge is -2.28. The lowest BCUT2D eigenvalue weighted by Crippen LogP contribution is -2.46. The second kappa shape index (κ2) is 12.0. The van der Waals surface area contributed by atoms with Crippen molar-refractivity contribution >= 4 is 62.6 Å². The summed E-state index contributed by atoms with van der Waals surface area (Å²) < 4.78 is 43.0. The van der Waals surface area contributed by atoms with E-state index in [9.17, 15) is 27.6 Å². The number of aryl methyl sites for hydroxylation is 3. The summed E-state index contributed by atoms with van der Waals surface area (Å²) in [6.07, 6.45) is 0.935. The highest BCUT2D eigenvalue weighted by Gasteiger charge is 2.44. The molecular formula is C33H31F3IN7O3. The maximum atomic E-state index is 14.0. The first-order valence-corrected chi connectivity index (χ1v) is 16.1. The van der Waals surface area contributed by atoms with Gasteiger partial charge in [-0.1, -0.05) is 35.6 Å². The molecule has 10 nitrogen and oxygen atoms in total. The molecule has 1 N–H and O–H groups in total. The Morgan fingerprint density at radius 2 is 1.79 bits per heavy atom. The van der Waals surface area contributed by atoms with Crippen LogP contribution in [0, 0.1) is 26.7 Å². The Morgan fingerprint density at radius 3 is 2.49 bits per heavy atom. The molecule has 0 radical (unpaired) electrons. The van der Waals surface area contributed by atoms with Gasteiger partial charge in [-0.15, -0.1) is 0 Å². The van der Waals surface area contributed by atoms with E-state index in [4.69, 9.17) is 0 Å². The van der Waals surface area contributed by atoms with E-state index in [1.54, 1.807) is 28.4 Å². The lowest BCUT2D eigenvalue weighted by atomic mass is 10.0. The maximum Gasteiger partial charge on any atom is 0.433 e. The van der Waals surface area contributed by atoms with Gasteiger partial charge in [-0.05, 0) is 74.9 Å². The van der Waals surface area contributed by atoms with Crippen molar-refractivity contribution in [2.45, 2.75) is 63.9 Å². The number of alkyl halides is 4. The molecule has 2 amide bonds. The molecule has 1 fully saturated rings. The Hall–Kier alpha value is -4.34. The summed E-state index contributed by atoms with van der Waals surface area (Å²) in [6, 6.07) is 6.92. The average Bonchev–Trinajstić information content (AvgIpc) is 3.65. The van der Waals surface area contributed by atoms with Crippen LogP contribution in [-0.4, -0.2) is 56.7 Å². The highest BCUT2D eigenvalue weighted by atomic mass is 127. The molecule has 0 saturated carbocycles. The number of Topliss-reactive ketones (excluding diaryl/α,β-unsaturated/α-hetero) is 1. The quantitative estimate of drug-likeness (QED) is 0.0913. The lowest BCUT2D eigenvalue weighted by molar-refractivity contribution is -0.141. The monoisotopic (exact) mass is 757 g/mol. The van der Waals surface area contributed by atoms with Crippen molar-refractivity contribution in [3.05, 3.63) is 77.0 Å². The largest absolute Gasteiger partial charge is 0.433 e. The molecule has 1 aromatic carbocycles. The van der Waals surface area contributed by atoms with E-state index < -0.39 is 23.8 Å². The summed E-state index contributed by atoms with van der Waals surface area (Å²) in [7, 11) is 0. The summed E-state index contributed by atoms with van der Waals surface area (Å²) in [6.45, 7) is 8.58. The molecule has 1 aliphatic rings. The van der Waals surface area contributed by atoms with Crippen molar-refractivity contribution in [2.24, 2.45) is 5.92 Å². The first-order chi connectivity index (χ1) is 22.1. The number of benzene rings is 1. The summed E-state index contributed by atoms with van der Waals surface area (Å²) in [5.41, 5.74) is 4.42. The van der Waals surface area contributed by atoms with Crippen molar-refractivity contribution in [1.82, 2.24) is 29.0 Å². The zero-order chi connectivity index (χ0) is 33.9. The number of nitrogens with zero attached hydrogens (tertiary/aromatic N) is 6. The van der Waals surface area contributed by atoms with Gasteiger partial charge in [0.25, 0.3) is 0 Å². The second-order valence-electron chi connectivity index (χ2n) is 12.1. The van der Waals surface area contributed by atoms with E-state index in [0.29, 0.717) is 28.5 Å². The Morgan fingerprint density at radius 1 is 1.04 bits per heavy atom. The van der Waals surface area contributed by atoms with E-state index in [1.165, 1.54) is 17.9 Å². The standard InChI is InChI=1S/C33H31F3IN7O3/c1-16-6-7-26(33(34,35)36)39-31(16)40-32(47)25-9-18(3)30(37)44(25)28(46)15-42-14-24(20(5)45)23-11-21(8-17(2)29(23)42)22-12-38-27-10-19(4)41-43(27)13-22/h6-8,10-14,18,25,30H,9,15H2,1-5H3,(H,39,40,47)/t18-,25-,30-/m0/s1. The molecule has 0 aliphatic carbocycles. The number of anilines is 1. The summed E-state index contributed by atoms with van der Waals surface area (Å²) >= 11 is 2.12. The van der Waals surface area contributed by atoms with Gasteiger partial charge in [0.1, 0.15) is 24.1 Å². The minimum Gasteiger partial charge on any atom is -0.337 e. The van der Waals surface area contributed by atoms with Gasteiger partial charge in [0, 0.05) is 41.2 Å². The normalized spacial score (nSPS) is 18.3. The predicted molar refractivity (Wildman–Crippen MR) is 178 cm³/mol. The Labute approximate surface area is 281 Å². The predicted octanol–water partition coefficient (Wildman–Crippen LogP) is 6.53. The van der Waals surface area contributed by atoms with Gasteiger partial charge in [-0.25, -0.2) is 14.5 Å². The minimum atomic E-state index is -4.68. The third-order valence-electron chi connectivity index (χ3n) is 8.50. The number of hydrogen-bond acceptors (Lipinski definition) is 6. The molecule has 1 aliphatic heterocycles. The van der Waals surface area contributed by atoms with Crippen LogP contribution < -0.4 is 5.32 Å². The molecule has 1 saturated heterocycles. The smallest absolute Gasteiger partial charge is 0.337 e. The van der Waals surface area contributed by atoms with Gasteiger partial charge in [-0.2, -0.15) is 18.3 Å². The van der Waals surface area contributed by atoms with Crippen LogP contribution in [0.4, 0.5) is 19.0 Å². The molecule has 47 heavy (non-hydrogen) atoms. The average molecular weight is 758 g/mol. The third kappa shape index (κ3) is 6.10. The number of fused-ring (bicyclic) bond motifs is 2. The van der Waals surface area contributed by atoms with Gasteiger partial charge < -0.3 is 14.8 Å². The fourth-order valence-corrected chi connectivity index (χ4v) is 7.17.